The maximum Gasteiger partial charge on any atom is 0.251 e. The van der Waals surface area contributed by atoms with Crippen molar-refractivity contribution in [2.24, 2.45) is 0 Å². The zero-order chi connectivity index (χ0) is 16.5. The lowest BCUT2D eigenvalue weighted by Crippen LogP contribution is -2.27. The van der Waals surface area contributed by atoms with Crippen LogP contribution in [0.1, 0.15) is 10.4 Å². The minimum absolute atomic E-state index is 0.0116. The molecule has 0 aliphatic rings. The molecule has 2 aromatic rings. The number of hydrogen-bond donors (Lipinski definition) is 3. The summed E-state index contributed by atoms with van der Waals surface area (Å²) in [5.41, 5.74) is 3.72. The lowest BCUT2D eigenvalue weighted by Gasteiger charge is -2.08. The maximum absolute atomic E-state index is 12.1. The van der Waals surface area contributed by atoms with E-state index in [9.17, 15) is 4.79 Å². The smallest absolute Gasteiger partial charge is 0.251 e. The van der Waals surface area contributed by atoms with Crippen molar-refractivity contribution in [3.63, 3.8) is 0 Å². The Hall–Kier alpha value is -2.37. The number of aliphatic hydroxyl groups excluding tert-OH is 1. The Morgan fingerprint density at radius 1 is 1.09 bits per heavy atom. The van der Waals surface area contributed by atoms with E-state index in [1.54, 1.807) is 6.07 Å². The first kappa shape index (κ1) is 17.0. The number of rotatable bonds is 8. The minimum atomic E-state index is -0.133. The topological polar surface area (TPSA) is 70.6 Å². The van der Waals surface area contributed by atoms with Crippen molar-refractivity contribution in [1.29, 1.82) is 0 Å². The van der Waals surface area contributed by atoms with Gasteiger partial charge in [0.2, 0.25) is 0 Å². The monoisotopic (exact) mass is 314 g/mol. The highest BCUT2D eigenvalue weighted by Gasteiger charge is 2.06. The molecule has 0 heterocycles. The number of nitrogens with one attached hydrogen (secondary N) is 2. The Labute approximate surface area is 136 Å². The minimum Gasteiger partial charge on any atom is -0.394 e. The number of anilines is 1. The molecule has 1 amide bonds. The molecule has 2 aromatic carbocycles. The van der Waals surface area contributed by atoms with Crippen LogP contribution in [0.2, 0.25) is 0 Å². The van der Waals surface area contributed by atoms with E-state index in [2.05, 4.69) is 10.6 Å². The molecule has 0 saturated carbocycles. The normalized spacial score (nSPS) is 10.3. The summed E-state index contributed by atoms with van der Waals surface area (Å²) in [6, 6.07) is 15.6. The van der Waals surface area contributed by atoms with Crippen molar-refractivity contribution in [1.82, 2.24) is 5.32 Å². The molecule has 5 heteroatoms. The lowest BCUT2D eigenvalue weighted by atomic mass is 10.0. The quantitative estimate of drug-likeness (QED) is 0.653. The summed E-state index contributed by atoms with van der Waals surface area (Å²) in [5.74, 6) is -0.133. The van der Waals surface area contributed by atoms with Crippen LogP contribution in [-0.4, -0.2) is 44.4 Å². The predicted octanol–water partition coefficient (Wildman–Crippen LogP) is 2.13. The van der Waals surface area contributed by atoms with Gasteiger partial charge in [0.25, 0.3) is 5.91 Å². The summed E-state index contributed by atoms with van der Waals surface area (Å²) in [6.45, 7) is 1.08. The predicted molar refractivity (Wildman–Crippen MR) is 91.7 cm³/mol. The molecule has 23 heavy (non-hydrogen) atoms. The molecule has 2 rings (SSSR count). The lowest BCUT2D eigenvalue weighted by molar-refractivity contribution is 0.0838. The van der Waals surface area contributed by atoms with Crippen molar-refractivity contribution in [3.05, 3.63) is 54.1 Å². The van der Waals surface area contributed by atoms with Crippen LogP contribution in [-0.2, 0) is 4.74 Å². The van der Waals surface area contributed by atoms with Gasteiger partial charge < -0.3 is 20.5 Å². The molecule has 0 fully saturated rings. The van der Waals surface area contributed by atoms with E-state index in [1.165, 1.54) is 0 Å². The van der Waals surface area contributed by atoms with Crippen molar-refractivity contribution in [2.75, 3.05) is 38.7 Å². The molecule has 0 atom stereocenters. The van der Waals surface area contributed by atoms with Gasteiger partial charge in [0.05, 0.1) is 19.8 Å². The second kappa shape index (κ2) is 8.92. The number of hydrogen-bond acceptors (Lipinski definition) is 4. The molecule has 0 aromatic heterocycles. The second-order valence-electron chi connectivity index (χ2n) is 5.00. The summed E-state index contributed by atoms with van der Waals surface area (Å²) in [5, 5.41) is 14.5. The third kappa shape index (κ3) is 5.09. The largest absolute Gasteiger partial charge is 0.394 e. The van der Waals surface area contributed by atoms with Crippen LogP contribution in [0.25, 0.3) is 11.1 Å². The van der Waals surface area contributed by atoms with Crippen LogP contribution in [0, 0.1) is 0 Å². The zero-order valence-corrected chi connectivity index (χ0v) is 13.2. The van der Waals surface area contributed by atoms with Gasteiger partial charge in [-0.05, 0) is 35.4 Å². The molecule has 5 nitrogen and oxygen atoms in total. The van der Waals surface area contributed by atoms with Crippen molar-refractivity contribution in [2.45, 2.75) is 0 Å². The molecule has 0 bridgehead atoms. The molecule has 122 valence electrons. The first-order valence-corrected chi connectivity index (χ1v) is 7.59. The summed E-state index contributed by atoms with van der Waals surface area (Å²) in [6.07, 6.45) is 0. The van der Waals surface area contributed by atoms with E-state index in [4.69, 9.17) is 9.84 Å². The molecule has 0 spiro atoms. The number of carbonyl (C=O) groups is 1. The van der Waals surface area contributed by atoms with Crippen molar-refractivity contribution in [3.8, 4) is 11.1 Å². The van der Waals surface area contributed by atoms with Gasteiger partial charge in [-0.2, -0.15) is 0 Å². The zero-order valence-electron chi connectivity index (χ0n) is 13.2. The Balaban J connectivity index is 1.99. The molecule has 0 aliphatic heterocycles. The Bertz CT molecular complexity index is 626. The summed E-state index contributed by atoms with van der Waals surface area (Å²) < 4.78 is 5.11. The van der Waals surface area contributed by atoms with Crippen LogP contribution >= 0.6 is 0 Å². The Kier molecular flexibility index (Phi) is 6.59. The number of amides is 1. The van der Waals surface area contributed by atoms with Crippen molar-refractivity contribution < 1.29 is 14.6 Å². The maximum atomic E-state index is 12.1. The van der Waals surface area contributed by atoms with Crippen LogP contribution in [0.15, 0.2) is 48.5 Å². The van der Waals surface area contributed by atoms with Gasteiger partial charge in [0, 0.05) is 24.8 Å². The van der Waals surface area contributed by atoms with Gasteiger partial charge in [0.15, 0.2) is 0 Å². The number of carbonyl (C=O) groups excluding carboxylic acids is 1. The Morgan fingerprint density at radius 3 is 2.57 bits per heavy atom. The highest BCUT2D eigenvalue weighted by Crippen LogP contribution is 2.22. The van der Waals surface area contributed by atoms with E-state index in [0.717, 1.165) is 16.8 Å². The van der Waals surface area contributed by atoms with Gasteiger partial charge in [-0.25, -0.2) is 0 Å². The van der Waals surface area contributed by atoms with E-state index in [0.29, 0.717) is 18.7 Å². The fraction of sp³-hybridized carbons (Fsp3) is 0.278. The molecular weight excluding hydrogens is 292 g/mol. The molecule has 0 radical (unpaired) electrons. The number of benzene rings is 2. The Morgan fingerprint density at radius 2 is 1.87 bits per heavy atom. The van der Waals surface area contributed by atoms with E-state index >= 15 is 0 Å². The third-order valence-electron chi connectivity index (χ3n) is 3.40. The highest BCUT2D eigenvalue weighted by atomic mass is 16.5. The SMILES string of the molecule is CNc1ccc(-c2cccc(C(=O)NCCOCCO)c2)cc1. The van der Waals surface area contributed by atoms with E-state index in [1.807, 2.05) is 49.5 Å². The summed E-state index contributed by atoms with van der Waals surface area (Å²) in [4.78, 5) is 12.1. The summed E-state index contributed by atoms with van der Waals surface area (Å²) in [7, 11) is 1.88. The average Bonchev–Trinajstić information content (AvgIpc) is 2.61. The van der Waals surface area contributed by atoms with Crippen LogP contribution < -0.4 is 10.6 Å². The fourth-order valence-corrected chi connectivity index (χ4v) is 2.17. The van der Waals surface area contributed by atoms with Gasteiger partial charge in [-0.3, -0.25) is 4.79 Å². The fourth-order valence-electron chi connectivity index (χ4n) is 2.17. The standard InChI is InChI=1S/C18H22N2O3/c1-19-17-7-5-14(6-8-17)15-3-2-4-16(13-15)18(22)20-9-11-23-12-10-21/h2-8,13,19,21H,9-12H2,1H3,(H,20,22). The van der Waals surface area contributed by atoms with E-state index in [-0.39, 0.29) is 19.1 Å². The van der Waals surface area contributed by atoms with Gasteiger partial charge in [-0.15, -0.1) is 0 Å². The van der Waals surface area contributed by atoms with Gasteiger partial charge >= 0.3 is 0 Å². The molecule has 0 unspecified atom stereocenters. The highest BCUT2D eigenvalue weighted by molar-refractivity contribution is 5.95. The summed E-state index contributed by atoms with van der Waals surface area (Å²) >= 11 is 0. The third-order valence-corrected chi connectivity index (χ3v) is 3.40. The van der Waals surface area contributed by atoms with Gasteiger partial charge in [-0.1, -0.05) is 24.3 Å². The second-order valence-corrected chi connectivity index (χ2v) is 5.00. The molecule has 3 N–H and O–H groups in total. The first-order valence-electron chi connectivity index (χ1n) is 7.59. The molecule has 0 aliphatic carbocycles. The van der Waals surface area contributed by atoms with Crippen LogP contribution in [0.4, 0.5) is 5.69 Å². The number of ether oxygens (including phenoxy) is 1. The van der Waals surface area contributed by atoms with Crippen LogP contribution in [0.3, 0.4) is 0 Å². The van der Waals surface area contributed by atoms with Gasteiger partial charge in [0.1, 0.15) is 0 Å². The first-order chi connectivity index (χ1) is 11.2. The van der Waals surface area contributed by atoms with Crippen LogP contribution in [0.5, 0.6) is 0 Å². The molecule has 0 saturated heterocycles. The van der Waals surface area contributed by atoms with E-state index < -0.39 is 0 Å². The van der Waals surface area contributed by atoms with Crippen molar-refractivity contribution >= 4 is 11.6 Å². The number of aliphatic hydroxyl groups is 1. The molecular formula is C18H22N2O3. The average molecular weight is 314 g/mol.